The molecule has 0 heterocycles. The summed E-state index contributed by atoms with van der Waals surface area (Å²) in [5, 5.41) is 0. The van der Waals surface area contributed by atoms with Crippen LogP contribution in [0.3, 0.4) is 0 Å². The van der Waals surface area contributed by atoms with Gasteiger partial charge in [-0.3, -0.25) is 0 Å². The van der Waals surface area contributed by atoms with E-state index in [0.717, 1.165) is 12.3 Å². The van der Waals surface area contributed by atoms with E-state index in [4.69, 9.17) is 0 Å². The van der Waals surface area contributed by atoms with Crippen molar-refractivity contribution < 1.29 is 0 Å². The van der Waals surface area contributed by atoms with Crippen LogP contribution in [-0.4, -0.2) is 0 Å². The molecule has 0 spiro atoms. The van der Waals surface area contributed by atoms with E-state index in [9.17, 15) is 0 Å². The zero-order valence-electron chi connectivity index (χ0n) is 14.1. The number of allylic oxidation sites excluding steroid dienone is 3. The Bertz CT molecular complexity index is 313. The van der Waals surface area contributed by atoms with Gasteiger partial charge in [0.05, 0.1) is 0 Å². The van der Waals surface area contributed by atoms with Crippen molar-refractivity contribution in [3.05, 3.63) is 29.0 Å². The standard InChI is InChI=1S/C19H34/c1-7-10-11-12-13-17(5)14-18(6)19(9-3)15-16(4)8-2/h11-12,16,19H,7-10,13,15H2,1-6H3. The molecule has 0 aliphatic heterocycles. The molecule has 0 fully saturated rings. The maximum atomic E-state index is 3.62. The molecule has 0 saturated heterocycles. The molecule has 0 radical (unpaired) electrons. The van der Waals surface area contributed by atoms with Gasteiger partial charge in [-0.1, -0.05) is 52.7 Å². The van der Waals surface area contributed by atoms with Crippen LogP contribution in [0, 0.1) is 11.8 Å². The quantitative estimate of drug-likeness (QED) is 0.321. The van der Waals surface area contributed by atoms with Crippen LogP contribution in [0.25, 0.3) is 0 Å². The molecule has 0 aromatic rings. The molecule has 0 aliphatic rings. The van der Waals surface area contributed by atoms with Gasteiger partial charge < -0.3 is 0 Å². The summed E-state index contributed by atoms with van der Waals surface area (Å²) in [7, 11) is 0. The lowest BCUT2D eigenvalue weighted by Crippen LogP contribution is -2.06. The van der Waals surface area contributed by atoms with E-state index >= 15 is 0 Å². The van der Waals surface area contributed by atoms with Crippen molar-refractivity contribution >= 4 is 0 Å². The second-order valence-corrected chi connectivity index (χ2v) is 5.91. The van der Waals surface area contributed by atoms with Gasteiger partial charge in [0, 0.05) is 0 Å². The largest absolute Gasteiger partial charge is 0.123 e. The van der Waals surface area contributed by atoms with Gasteiger partial charge in [-0.05, 0) is 62.5 Å². The molecule has 0 aliphatic carbocycles. The van der Waals surface area contributed by atoms with Crippen LogP contribution in [0.5, 0.6) is 0 Å². The van der Waals surface area contributed by atoms with E-state index in [1.807, 2.05) is 0 Å². The number of hydrogen-bond donors (Lipinski definition) is 0. The lowest BCUT2D eigenvalue weighted by molar-refractivity contribution is 0.413. The summed E-state index contributed by atoms with van der Waals surface area (Å²) in [6.07, 6.45) is 11.9. The van der Waals surface area contributed by atoms with Crippen molar-refractivity contribution in [2.24, 2.45) is 11.8 Å². The first-order valence-electron chi connectivity index (χ1n) is 8.12. The Hall–Kier alpha value is -0.740. The van der Waals surface area contributed by atoms with Gasteiger partial charge in [-0.2, -0.15) is 0 Å². The van der Waals surface area contributed by atoms with Gasteiger partial charge in [0.2, 0.25) is 0 Å². The summed E-state index contributed by atoms with van der Waals surface area (Å²) in [6.45, 7) is 13.6. The van der Waals surface area contributed by atoms with Crippen molar-refractivity contribution in [1.82, 2.24) is 0 Å². The molecule has 0 nitrogen and oxygen atoms in total. The lowest BCUT2D eigenvalue weighted by atomic mass is 9.87. The molecule has 2 unspecified atom stereocenters. The van der Waals surface area contributed by atoms with Crippen LogP contribution in [0.15, 0.2) is 29.0 Å². The number of unbranched alkanes of at least 4 members (excludes halogenated alkanes) is 1. The Morgan fingerprint density at radius 3 is 2.26 bits per heavy atom. The van der Waals surface area contributed by atoms with Crippen LogP contribution in [0.2, 0.25) is 0 Å². The lowest BCUT2D eigenvalue weighted by Gasteiger charge is -2.18. The maximum Gasteiger partial charge on any atom is -0.00653 e. The smallest absolute Gasteiger partial charge is 0.00653 e. The van der Waals surface area contributed by atoms with Gasteiger partial charge in [-0.15, -0.1) is 5.73 Å². The molecule has 0 bridgehead atoms. The molecule has 0 heteroatoms. The van der Waals surface area contributed by atoms with Crippen molar-refractivity contribution in [3.8, 4) is 0 Å². The van der Waals surface area contributed by atoms with Crippen LogP contribution in [0.1, 0.15) is 80.1 Å². The fourth-order valence-electron chi connectivity index (χ4n) is 2.34. The van der Waals surface area contributed by atoms with Crippen LogP contribution in [-0.2, 0) is 0 Å². The first-order chi connectivity index (χ1) is 9.04. The molecule has 0 saturated carbocycles. The summed E-state index contributed by atoms with van der Waals surface area (Å²) < 4.78 is 0. The Morgan fingerprint density at radius 2 is 1.74 bits per heavy atom. The first kappa shape index (κ1) is 18.3. The predicted octanol–water partition coefficient (Wildman–Crippen LogP) is 6.69. The second-order valence-electron chi connectivity index (χ2n) is 5.91. The number of rotatable bonds is 9. The van der Waals surface area contributed by atoms with Crippen molar-refractivity contribution in [2.75, 3.05) is 0 Å². The van der Waals surface area contributed by atoms with E-state index in [2.05, 4.69) is 59.4 Å². The summed E-state index contributed by atoms with van der Waals surface area (Å²) in [4.78, 5) is 0. The Morgan fingerprint density at radius 1 is 1.05 bits per heavy atom. The highest BCUT2D eigenvalue weighted by Gasteiger charge is 2.11. The Labute approximate surface area is 121 Å². The van der Waals surface area contributed by atoms with E-state index < -0.39 is 0 Å². The predicted molar refractivity (Wildman–Crippen MR) is 88.4 cm³/mol. The van der Waals surface area contributed by atoms with Crippen molar-refractivity contribution in [1.29, 1.82) is 0 Å². The van der Waals surface area contributed by atoms with E-state index in [0.29, 0.717) is 5.92 Å². The SMILES string of the molecule is CCCC=CCC(C)=C=C(C)C(CC)CC(C)CC. The van der Waals surface area contributed by atoms with E-state index in [1.165, 1.54) is 43.3 Å². The van der Waals surface area contributed by atoms with Crippen molar-refractivity contribution in [2.45, 2.75) is 80.1 Å². The third-order valence-electron chi connectivity index (χ3n) is 3.95. The fraction of sp³-hybridized carbons (Fsp3) is 0.737. The van der Waals surface area contributed by atoms with Gasteiger partial charge in [0.25, 0.3) is 0 Å². The van der Waals surface area contributed by atoms with E-state index in [1.54, 1.807) is 0 Å². The molecular weight excluding hydrogens is 228 g/mol. The highest BCUT2D eigenvalue weighted by atomic mass is 14.2. The normalized spacial score (nSPS) is 14.2. The monoisotopic (exact) mass is 262 g/mol. The zero-order chi connectivity index (χ0) is 14.7. The molecule has 0 N–H and O–H groups in total. The number of hydrogen-bond acceptors (Lipinski definition) is 0. The minimum atomic E-state index is 0.713. The molecular formula is C19H34. The average Bonchev–Trinajstić information content (AvgIpc) is 2.40. The Kier molecular flexibility index (Phi) is 10.7. The highest BCUT2D eigenvalue weighted by molar-refractivity contribution is 5.11. The highest BCUT2D eigenvalue weighted by Crippen LogP contribution is 2.24. The van der Waals surface area contributed by atoms with Gasteiger partial charge >= 0.3 is 0 Å². The van der Waals surface area contributed by atoms with Crippen LogP contribution in [0.4, 0.5) is 0 Å². The molecule has 0 aromatic carbocycles. The van der Waals surface area contributed by atoms with Crippen molar-refractivity contribution in [3.63, 3.8) is 0 Å². The summed E-state index contributed by atoms with van der Waals surface area (Å²) in [6, 6.07) is 0. The van der Waals surface area contributed by atoms with Gasteiger partial charge in [0.15, 0.2) is 0 Å². The molecule has 2 atom stereocenters. The topological polar surface area (TPSA) is 0 Å². The second kappa shape index (κ2) is 11.1. The average molecular weight is 262 g/mol. The van der Waals surface area contributed by atoms with Crippen LogP contribution >= 0.6 is 0 Å². The minimum absolute atomic E-state index is 0.713. The molecule has 110 valence electrons. The molecule has 0 amide bonds. The van der Waals surface area contributed by atoms with Crippen LogP contribution < -0.4 is 0 Å². The summed E-state index contributed by atoms with van der Waals surface area (Å²) in [5.41, 5.74) is 6.44. The summed E-state index contributed by atoms with van der Waals surface area (Å²) in [5.74, 6) is 1.54. The molecule has 0 rings (SSSR count). The Balaban J connectivity index is 4.61. The third kappa shape index (κ3) is 8.89. The zero-order valence-corrected chi connectivity index (χ0v) is 14.1. The third-order valence-corrected chi connectivity index (χ3v) is 3.95. The first-order valence-corrected chi connectivity index (χ1v) is 8.12. The molecule has 19 heavy (non-hydrogen) atoms. The van der Waals surface area contributed by atoms with Gasteiger partial charge in [-0.25, -0.2) is 0 Å². The fourth-order valence-corrected chi connectivity index (χ4v) is 2.34. The van der Waals surface area contributed by atoms with Gasteiger partial charge in [0.1, 0.15) is 0 Å². The molecule has 0 aromatic heterocycles. The van der Waals surface area contributed by atoms with E-state index in [-0.39, 0.29) is 0 Å². The summed E-state index contributed by atoms with van der Waals surface area (Å²) >= 11 is 0. The minimum Gasteiger partial charge on any atom is -0.123 e. The maximum absolute atomic E-state index is 3.62.